The number of pyridine rings is 1. The van der Waals surface area contributed by atoms with Gasteiger partial charge in [-0.2, -0.15) is 0 Å². The lowest BCUT2D eigenvalue weighted by molar-refractivity contribution is 0.102. The van der Waals surface area contributed by atoms with Crippen molar-refractivity contribution in [2.75, 3.05) is 10.6 Å². The normalized spacial score (nSPS) is 10.3. The third-order valence-corrected chi connectivity index (χ3v) is 4.04. The predicted molar refractivity (Wildman–Crippen MR) is 102 cm³/mol. The van der Waals surface area contributed by atoms with Gasteiger partial charge in [-0.1, -0.05) is 43.3 Å². The van der Waals surface area contributed by atoms with Crippen LogP contribution in [0.2, 0.25) is 0 Å². The van der Waals surface area contributed by atoms with Crippen LogP contribution in [0.15, 0.2) is 66.9 Å². The molecule has 0 aliphatic heterocycles. The lowest BCUT2D eigenvalue weighted by Crippen LogP contribution is -2.13. The molecule has 2 aromatic carbocycles. The van der Waals surface area contributed by atoms with E-state index in [9.17, 15) is 4.79 Å². The van der Waals surface area contributed by atoms with Crippen LogP contribution in [-0.4, -0.2) is 10.9 Å². The number of carbonyl (C=O) groups excluding carboxylic acids is 1. The van der Waals surface area contributed by atoms with E-state index in [1.165, 1.54) is 11.1 Å². The number of nitrogens with zero attached hydrogens (tertiary/aromatic N) is 1. The number of hydrogen-bond donors (Lipinski definition) is 2. The third kappa shape index (κ3) is 4.04. The Labute approximate surface area is 147 Å². The summed E-state index contributed by atoms with van der Waals surface area (Å²) in [6, 6.07) is 19.2. The average Bonchev–Trinajstić information content (AvgIpc) is 2.64. The van der Waals surface area contributed by atoms with E-state index >= 15 is 0 Å². The van der Waals surface area contributed by atoms with Crippen molar-refractivity contribution < 1.29 is 4.79 Å². The molecule has 0 bridgehead atoms. The van der Waals surface area contributed by atoms with E-state index in [2.05, 4.69) is 47.7 Å². The summed E-state index contributed by atoms with van der Waals surface area (Å²) >= 11 is 0. The van der Waals surface area contributed by atoms with Gasteiger partial charge in [0.05, 0.1) is 11.9 Å². The molecule has 25 heavy (non-hydrogen) atoms. The number of anilines is 3. The van der Waals surface area contributed by atoms with Gasteiger partial charge in [0.1, 0.15) is 5.69 Å². The van der Waals surface area contributed by atoms with Gasteiger partial charge in [-0.15, -0.1) is 0 Å². The molecule has 0 saturated carbocycles. The number of aromatic nitrogens is 1. The molecule has 1 amide bonds. The van der Waals surface area contributed by atoms with Crippen LogP contribution in [0.5, 0.6) is 0 Å². The fourth-order valence-electron chi connectivity index (χ4n) is 2.67. The van der Waals surface area contributed by atoms with Gasteiger partial charge in [0, 0.05) is 11.4 Å². The molecule has 0 atom stereocenters. The van der Waals surface area contributed by atoms with Gasteiger partial charge in [-0.05, 0) is 48.7 Å². The van der Waals surface area contributed by atoms with Gasteiger partial charge < -0.3 is 10.6 Å². The number of amides is 1. The van der Waals surface area contributed by atoms with E-state index in [1.807, 2.05) is 36.4 Å². The first-order valence-electron chi connectivity index (χ1n) is 8.35. The molecule has 1 aromatic heterocycles. The van der Waals surface area contributed by atoms with Gasteiger partial charge in [0.15, 0.2) is 0 Å². The fourth-order valence-corrected chi connectivity index (χ4v) is 2.67. The predicted octanol–water partition coefficient (Wildman–Crippen LogP) is 4.95. The van der Waals surface area contributed by atoms with Crippen molar-refractivity contribution in [1.82, 2.24) is 4.98 Å². The molecular formula is C21H21N3O. The Hall–Kier alpha value is -3.14. The van der Waals surface area contributed by atoms with E-state index in [0.29, 0.717) is 5.69 Å². The molecule has 0 spiro atoms. The highest BCUT2D eigenvalue weighted by Crippen LogP contribution is 2.25. The summed E-state index contributed by atoms with van der Waals surface area (Å²) in [7, 11) is 0. The maximum atomic E-state index is 12.2. The minimum atomic E-state index is -0.220. The van der Waals surface area contributed by atoms with Crippen molar-refractivity contribution in [3.05, 3.63) is 83.7 Å². The summed E-state index contributed by atoms with van der Waals surface area (Å²) in [4.78, 5) is 16.5. The second kappa shape index (κ2) is 7.62. The number of benzene rings is 2. The number of carbonyl (C=O) groups is 1. The Kier molecular flexibility index (Phi) is 5.09. The lowest BCUT2D eigenvalue weighted by Gasteiger charge is -2.14. The maximum absolute atomic E-state index is 12.2. The molecule has 0 radical (unpaired) electrons. The van der Waals surface area contributed by atoms with Gasteiger partial charge in [-0.3, -0.25) is 4.79 Å². The summed E-state index contributed by atoms with van der Waals surface area (Å²) in [5.41, 5.74) is 5.54. The van der Waals surface area contributed by atoms with Crippen molar-refractivity contribution in [2.24, 2.45) is 0 Å². The Morgan fingerprint density at radius 3 is 2.44 bits per heavy atom. The fraction of sp³-hybridized carbons (Fsp3) is 0.143. The largest absolute Gasteiger partial charge is 0.354 e. The third-order valence-electron chi connectivity index (χ3n) is 4.04. The molecule has 4 heteroatoms. The van der Waals surface area contributed by atoms with Crippen LogP contribution in [-0.2, 0) is 6.42 Å². The van der Waals surface area contributed by atoms with Crippen molar-refractivity contribution in [3.8, 4) is 0 Å². The molecule has 0 fully saturated rings. The molecule has 0 unspecified atom stereocenters. The average molecular weight is 331 g/mol. The zero-order valence-electron chi connectivity index (χ0n) is 14.4. The van der Waals surface area contributed by atoms with Gasteiger partial charge >= 0.3 is 0 Å². The first-order valence-corrected chi connectivity index (χ1v) is 8.35. The molecule has 0 aliphatic rings. The van der Waals surface area contributed by atoms with Crippen LogP contribution < -0.4 is 10.6 Å². The molecule has 4 nitrogen and oxygen atoms in total. The van der Waals surface area contributed by atoms with Crippen molar-refractivity contribution >= 4 is 23.0 Å². The Bertz CT molecular complexity index is 858. The first-order chi connectivity index (χ1) is 12.2. The van der Waals surface area contributed by atoms with Crippen LogP contribution in [0.1, 0.15) is 28.5 Å². The van der Waals surface area contributed by atoms with Crippen LogP contribution in [0, 0.1) is 6.92 Å². The van der Waals surface area contributed by atoms with Crippen LogP contribution in [0.3, 0.4) is 0 Å². The van der Waals surface area contributed by atoms with E-state index < -0.39 is 0 Å². The number of aryl methyl sites for hydroxylation is 2. The van der Waals surface area contributed by atoms with E-state index in [-0.39, 0.29) is 5.91 Å². The van der Waals surface area contributed by atoms with Crippen molar-refractivity contribution in [3.63, 3.8) is 0 Å². The van der Waals surface area contributed by atoms with Gasteiger partial charge in [-0.25, -0.2) is 4.98 Å². The highest BCUT2D eigenvalue weighted by molar-refractivity contribution is 6.02. The van der Waals surface area contributed by atoms with Crippen LogP contribution >= 0.6 is 0 Å². The molecular weight excluding hydrogens is 310 g/mol. The van der Waals surface area contributed by atoms with Gasteiger partial charge in [0.2, 0.25) is 0 Å². The topological polar surface area (TPSA) is 54.0 Å². The molecule has 0 aliphatic carbocycles. The zero-order chi connectivity index (χ0) is 17.6. The molecule has 1 heterocycles. The standard InChI is InChI=1S/C21H21N3O/c1-3-16-9-7-8-15(2)20(16)23-18-12-13-19(22-14-18)21(25)24-17-10-5-4-6-11-17/h4-14,23H,3H2,1-2H3,(H,24,25). The number of para-hydroxylation sites is 2. The molecule has 2 N–H and O–H groups in total. The van der Waals surface area contributed by atoms with E-state index in [1.54, 1.807) is 12.3 Å². The van der Waals surface area contributed by atoms with Crippen LogP contribution in [0.4, 0.5) is 17.1 Å². The number of hydrogen-bond acceptors (Lipinski definition) is 3. The quantitative estimate of drug-likeness (QED) is 0.695. The monoisotopic (exact) mass is 331 g/mol. The second-order valence-corrected chi connectivity index (χ2v) is 5.84. The molecule has 3 aromatic rings. The molecule has 0 saturated heterocycles. The van der Waals surface area contributed by atoms with Crippen molar-refractivity contribution in [2.45, 2.75) is 20.3 Å². The Morgan fingerprint density at radius 2 is 1.76 bits per heavy atom. The summed E-state index contributed by atoms with van der Waals surface area (Å²) in [5.74, 6) is -0.220. The summed E-state index contributed by atoms with van der Waals surface area (Å²) in [6.45, 7) is 4.21. The molecule has 126 valence electrons. The first kappa shape index (κ1) is 16.7. The SMILES string of the molecule is CCc1cccc(C)c1Nc1ccc(C(=O)Nc2ccccc2)nc1. The minimum absolute atomic E-state index is 0.220. The zero-order valence-corrected chi connectivity index (χ0v) is 14.4. The summed E-state index contributed by atoms with van der Waals surface area (Å²) in [5, 5.41) is 6.25. The van der Waals surface area contributed by atoms with Gasteiger partial charge in [0.25, 0.3) is 5.91 Å². The number of nitrogens with one attached hydrogen (secondary N) is 2. The minimum Gasteiger partial charge on any atom is -0.354 e. The summed E-state index contributed by atoms with van der Waals surface area (Å²) < 4.78 is 0. The Morgan fingerprint density at radius 1 is 0.960 bits per heavy atom. The lowest BCUT2D eigenvalue weighted by atomic mass is 10.1. The Balaban J connectivity index is 1.74. The highest BCUT2D eigenvalue weighted by Gasteiger charge is 2.09. The smallest absolute Gasteiger partial charge is 0.274 e. The second-order valence-electron chi connectivity index (χ2n) is 5.84. The van der Waals surface area contributed by atoms with Crippen LogP contribution in [0.25, 0.3) is 0 Å². The van der Waals surface area contributed by atoms with E-state index in [4.69, 9.17) is 0 Å². The number of rotatable bonds is 5. The maximum Gasteiger partial charge on any atom is 0.274 e. The van der Waals surface area contributed by atoms with E-state index in [0.717, 1.165) is 23.5 Å². The highest BCUT2D eigenvalue weighted by atomic mass is 16.1. The summed E-state index contributed by atoms with van der Waals surface area (Å²) in [6.07, 6.45) is 2.64. The van der Waals surface area contributed by atoms with Crippen molar-refractivity contribution in [1.29, 1.82) is 0 Å². The molecule has 3 rings (SSSR count).